The topological polar surface area (TPSA) is 58.3 Å². The summed E-state index contributed by atoms with van der Waals surface area (Å²) >= 11 is 0. The van der Waals surface area contributed by atoms with E-state index in [-0.39, 0.29) is 11.5 Å². The molecule has 0 spiro atoms. The minimum absolute atomic E-state index is 0.137. The second kappa shape index (κ2) is 5.38. The van der Waals surface area contributed by atoms with Crippen LogP contribution in [0.4, 0.5) is 4.39 Å². The van der Waals surface area contributed by atoms with Crippen molar-refractivity contribution in [2.75, 3.05) is 0 Å². The molecule has 0 aliphatic carbocycles. The van der Waals surface area contributed by atoms with E-state index in [0.717, 1.165) is 22.9 Å². The molecule has 0 radical (unpaired) electrons. The van der Waals surface area contributed by atoms with Gasteiger partial charge in [0.15, 0.2) is 0 Å². The number of benzene rings is 3. The van der Waals surface area contributed by atoms with E-state index in [1.54, 1.807) is 16.8 Å². The molecule has 3 aromatic carbocycles. The number of nitrogens with zero attached hydrogens (tertiary/aromatic N) is 2. The molecule has 1 heterocycles. The Bertz CT molecular complexity index is 1020. The van der Waals surface area contributed by atoms with Gasteiger partial charge in [-0.3, -0.25) is 0 Å². The summed E-state index contributed by atoms with van der Waals surface area (Å²) in [6.07, 6.45) is 1.44. The Morgan fingerprint density at radius 1 is 0.792 bits per heavy atom. The maximum absolute atomic E-state index is 13.9. The molecule has 0 unspecified atom stereocenters. The third-order valence-electron chi connectivity index (χ3n) is 3.94. The molecular weight excluding hydrogens is 307 g/mol. The molecule has 0 bridgehead atoms. The average molecular weight is 320 g/mol. The van der Waals surface area contributed by atoms with Crippen molar-refractivity contribution in [3.63, 3.8) is 0 Å². The Hall–Kier alpha value is -3.34. The van der Waals surface area contributed by atoms with Crippen LogP contribution in [0.2, 0.25) is 0 Å². The van der Waals surface area contributed by atoms with Gasteiger partial charge in [-0.1, -0.05) is 24.3 Å². The molecule has 4 nitrogen and oxygen atoms in total. The van der Waals surface area contributed by atoms with E-state index in [4.69, 9.17) is 0 Å². The molecule has 0 aliphatic heterocycles. The second-order valence-electron chi connectivity index (χ2n) is 5.51. The zero-order valence-corrected chi connectivity index (χ0v) is 12.5. The van der Waals surface area contributed by atoms with Gasteiger partial charge in [0.25, 0.3) is 0 Å². The number of phenolic OH excluding ortho intramolecular Hbond substituents is 2. The first-order valence-corrected chi connectivity index (χ1v) is 7.38. The van der Waals surface area contributed by atoms with Crippen LogP contribution in [-0.4, -0.2) is 20.0 Å². The normalized spacial score (nSPS) is 11.0. The summed E-state index contributed by atoms with van der Waals surface area (Å²) in [5.41, 5.74) is 3.24. The smallest absolute Gasteiger partial charge is 0.137 e. The third-order valence-corrected chi connectivity index (χ3v) is 3.94. The molecular formula is C19H13FN2O2. The molecule has 24 heavy (non-hydrogen) atoms. The predicted molar refractivity (Wildman–Crippen MR) is 89.8 cm³/mol. The molecule has 0 saturated carbocycles. The number of aromatic nitrogens is 2. The molecule has 0 fully saturated rings. The van der Waals surface area contributed by atoms with E-state index in [2.05, 4.69) is 5.10 Å². The first-order chi connectivity index (χ1) is 11.6. The van der Waals surface area contributed by atoms with Gasteiger partial charge >= 0.3 is 0 Å². The molecule has 0 amide bonds. The minimum atomic E-state index is -0.503. The molecule has 0 atom stereocenters. The number of fused-ring (bicyclic) bond motifs is 1. The highest BCUT2D eigenvalue weighted by molar-refractivity contribution is 5.82. The van der Waals surface area contributed by atoms with E-state index in [1.165, 1.54) is 12.3 Å². The lowest BCUT2D eigenvalue weighted by Crippen LogP contribution is -1.95. The largest absolute Gasteiger partial charge is 0.508 e. The summed E-state index contributed by atoms with van der Waals surface area (Å²) in [4.78, 5) is 0. The Morgan fingerprint density at radius 2 is 1.42 bits per heavy atom. The fraction of sp³-hybridized carbons (Fsp3) is 0. The summed E-state index contributed by atoms with van der Waals surface area (Å²) < 4.78 is 15.4. The van der Waals surface area contributed by atoms with E-state index >= 15 is 0 Å². The van der Waals surface area contributed by atoms with Gasteiger partial charge in [0.1, 0.15) is 17.3 Å². The number of phenols is 2. The van der Waals surface area contributed by atoms with Gasteiger partial charge in [-0.2, -0.15) is 5.10 Å². The molecule has 118 valence electrons. The second-order valence-corrected chi connectivity index (χ2v) is 5.51. The molecule has 2 N–H and O–H groups in total. The Labute approximate surface area is 137 Å². The van der Waals surface area contributed by atoms with Crippen LogP contribution >= 0.6 is 0 Å². The van der Waals surface area contributed by atoms with Gasteiger partial charge in [0, 0.05) is 12.1 Å². The van der Waals surface area contributed by atoms with Gasteiger partial charge in [0.05, 0.1) is 22.8 Å². The molecule has 4 rings (SSSR count). The number of aromatic hydroxyl groups is 2. The van der Waals surface area contributed by atoms with Crippen LogP contribution in [0.1, 0.15) is 0 Å². The standard InChI is InChI=1S/C19H13FN2O2/c20-18-9-16(24)10-19-17(18)11-21-22(19)14-5-1-12(2-6-14)13-3-7-15(23)8-4-13/h1-11,23-24H. The molecule has 4 aromatic rings. The zero-order valence-electron chi connectivity index (χ0n) is 12.5. The molecule has 0 saturated heterocycles. The van der Waals surface area contributed by atoms with Crippen LogP contribution in [0.15, 0.2) is 66.9 Å². The van der Waals surface area contributed by atoms with Crippen LogP contribution < -0.4 is 0 Å². The van der Waals surface area contributed by atoms with Gasteiger partial charge in [-0.25, -0.2) is 9.07 Å². The van der Waals surface area contributed by atoms with E-state index in [0.29, 0.717) is 10.9 Å². The molecule has 0 aliphatic rings. The lowest BCUT2D eigenvalue weighted by Gasteiger charge is -2.07. The number of rotatable bonds is 2. The van der Waals surface area contributed by atoms with Crippen molar-refractivity contribution in [1.82, 2.24) is 9.78 Å². The molecule has 5 heteroatoms. The summed E-state index contributed by atoms with van der Waals surface area (Å²) in [5.74, 6) is -0.417. The van der Waals surface area contributed by atoms with Gasteiger partial charge < -0.3 is 10.2 Å². The third kappa shape index (κ3) is 2.36. The van der Waals surface area contributed by atoms with Crippen molar-refractivity contribution < 1.29 is 14.6 Å². The quantitative estimate of drug-likeness (QED) is 0.581. The minimum Gasteiger partial charge on any atom is -0.508 e. The van der Waals surface area contributed by atoms with E-state index in [1.807, 2.05) is 36.4 Å². The van der Waals surface area contributed by atoms with E-state index in [9.17, 15) is 14.6 Å². The fourth-order valence-corrected chi connectivity index (χ4v) is 2.72. The first kappa shape index (κ1) is 14.3. The predicted octanol–water partition coefficient (Wildman–Crippen LogP) is 4.24. The highest BCUT2D eigenvalue weighted by Gasteiger charge is 2.11. The Morgan fingerprint density at radius 3 is 2.08 bits per heavy atom. The van der Waals surface area contributed by atoms with Crippen molar-refractivity contribution in [3.8, 4) is 28.3 Å². The SMILES string of the molecule is Oc1ccc(-c2ccc(-n3ncc4c(F)cc(O)cc43)cc2)cc1. The Balaban J connectivity index is 1.77. The maximum Gasteiger partial charge on any atom is 0.137 e. The van der Waals surface area contributed by atoms with Gasteiger partial charge in [0.2, 0.25) is 0 Å². The maximum atomic E-state index is 13.9. The lowest BCUT2D eigenvalue weighted by atomic mass is 10.1. The summed E-state index contributed by atoms with van der Waals surface area (Å²) in [6.45, 7) is 0. The van der Waals surface area contributed by atoms with Crippen LogP contribution in [0, 0.1) is 5.82 Å². The first-order valence-electron chi connectivity index (χ1n) is 7.38. The van der Waals surface area contributed by atoms with Crippen molar-refractivity contribution in [3.05, 3.63) is 72.7 Å². The van der Waals surface area contributed by atoms with Gasteiger partial charge in [-0.05, 0) is 35.4 Å². The highest BCUT2D eigenvalue weighted by atomic mass is 19.1. The number of halogens is 1. The number of hydrogen-bond donors (Lipinski definition) is 2. The van der Waals surface area contributed by atoms with Crippen LogP contribution in [0.5, 0.6) is 11.5 Å². The monoisotopic (exact) mass is 320 g/mol. The van der Waals surface area contributed by atoms with Crippen LogP contribution in [0.25, 0.3) is 27.7 Å². The van der Waals surface area contributed by atoms with Crippen LogP contribution in [-0.2, 0) is 0 Å². The van der Waals surface area contributed by atoms with Gasteiger partial charge in [-0.15, -0.1) is 0 Å². The summed E-state index contributed by atoms with van der Waals surface area (Å²) in [7, 11) is 0. The van der Waals surface area contributed by atoms with Crippen LogP contribution in [0.3, 0.4) is 0 Å². The highest BCUT2D eigenvalue weighted by Crippen LogP contribution is 2.27. The fourth-order valence-electron chi connectivity index (χ4n) is 2.72. The summed E-state index contributed by atoms with van der Waals surface area (Å²) in [5, 5.41) is 23.5. The van der Waals surface area contributed by atoms with Crippen molar-refractivity contribution in [1.29, 1.82) is 0 Å². The summed E-state index contributed by atoms with van der Waals surface area (Å²) in [6, 6.07) is 17.1. The van der Waals surface area contributed by atoms with Crippen molar-refractivity contribution >= 4 is 10.9 Å². The van der Waals surface area contributed by atoms with E-state index < -0.39 is 5.82 Å². The zero-order chi connectivity index (χ0) is 16.7. The Kier molecular flexibility index (Phi) is 3.20. The lowest BCUT2D eigenvalue weighted by molar-refractivity contribution is 0.470. The van der Waals surface area contributed by atoms with Crippen molar-refractivity contribution in [2.45, 2.75) is 0 Å². The average Bonchev–Trinajstić information content (AvgIpc) is 3.00. The van der Waals surface area contributed by atoms with Crippen molar-refractivity contribution in [2.24, 2.45) is 0 Å². The number of hydrogen-bond acceptors (Lipinski definition) is 3. The molecule has 1 aromatic heterocycles.